The Kier molecular flexibility index (Phi) is 7.07. The number of hydrogen-bond acceptors (Lipinski definition) is 6. The van der Waals surface area contributed by atoms with E-state index in [1.165, 1.54) is 39.5 Å². The highest BCUT2D eigenvalue weighted by Crippen LogP contribution is 2.28. The highest BCUT2D eigenvalue weighted by molar-refractivity contribution is 6.10. The van der Waals surface area contributed by atoms with E-state index in [4.69, 9.17) is 13.9 Å². The summed E-state index contributed by atoms with van der Waals surface area (Å²) in [5, 5.41) is 5.27. The van der Waals surface area contributed by atoms with Crippen molar-refractivity contribution in [3.63, 3.8) is 0 Å². The van der Waals surface area contributed by atoms with Crippen molar-refractivity contribution in [3.05, 3.63) is 83.4 Å². The summed E-state index contributed by atoms with van der Waals surface area (Å²) >= 11 is 0. The zero-order valence-corrected chi connectivity index (χ0v) is 17.8. The van der Waals surface area contributed by atoms with Crippen molar-refractivity contribution in [2.24, 2.45) is 0 Å². The SMILES string of the molecule is COc1ccc(C=C(NC(=O)c2ccco2)C(=O)Nc2cccc(C(C)=O)c2)cc1OC. The van der Waals surface area contributed by atoms with Crippen molar-refractivity contribution in [1.82, 2.24) is 5.32 Å². The minimum atomic E-state index is -0.589. The van der Waals surface area contributed by atoms with Gasteiger partial charge in [-0.15, -0.1) is 0 Å². The largest absolute Gasteiger partial charge is 0.493 e. The number of amides is 2. The van der Waals surface area contributed by atoms with Gasteiger partial charge in [0.25, 0.3) is 11.8 Å². The van der Waals surface area contributed by atoms with E-state index in [0.717, 1.165) is 0 Å². The molecule has 0 fully saturated rings. The Balaban J connectivity index is 1.93. The molecular formula is C24H22N2O6. The predicted molar refractivity (Wildman–Crippen MR) is 119 cm³/mol. The monoisotopic (exact) mass is 434 g/mol. The van der Waals surface area contributed by atoms with Crippen molar-refractivity contribution < 1.29 is 28.3 Å². The number of ketones is 1. The van der Waals surface area contributed by atoms with Crippen LogP contribution in [0.15, 0.2) is 71.0 Å². The molecule has 1 heterocycles. The van der Waals surface area contributed by atoms with Crippen molar-refractivity contribution in [1.29, 1.82) is 0 Å². The summed E-state index contributed by atoms with van der Waals surface area (Å²) in [6, 6.07) is 14.6. The average molecular weight is 434 g/mol. The second-order valence-corrected chi connectivity index (χ2v) is 6.69. The topological polar surface area (TPSA) is 107 Å². The lowest BCUT2D eigenvalue weighted by atomic mass is 10.1. The first-order chi connectivity index (χ1) is 15.4. The summed E-state index contributed by atoms with van der Waals surface area (Å²) in [6.45, 7) is 1.44. The minimum Gasteiger partial charge on any atom is -0.493 e. The van der Waals surface area contributed by atoms with Gasteiger partial charge < -0.3 is 24.5 Å². The Morgan fingerprint density at radius 1 is 0.938 bits per heavy atom. The van der Waals surface area contributed by atoms with Crippen LogP contribution in [0.1, 0.15) is 33.4 Å². The van der Waals surface area contributed by atoms with Gasteiger partial charge in [-0.2, -0.15) is 0 Å². The van der Waals surface area contributed by atoms with Crippen LogP contribution in [0, 0.1) is 0 Å². The predicted octanol–water partition coefficient (Wildman–Crippen LogP) is 3.91. The molecule has 0 radical (unpaired) electrons. The molecule has 2 amide bonds. The molecule has 0 aliphatic rings. The van der Waals surface area contributed by atoms with E-state index in [-0.39, 0.29) is 17.2 Å². The Hall–Kier alpha value is -4.33. The number of furan rings is 1. The van der Waals surface area contributed by atoms with E-state index in [2.05, 4.69) is 10.6 Å². The first-order valence-electron chi connectivity index (χ1n) is 9.62. The molecule has 2 N–H and O–H groups in total. The normalized spacial score (nSPS) is 10.9. The van der Waals surface area contributed by atoms with Gasteiger partial charge in [-0.05, 0) is 55.0 Å². The number of rotatable bonds is 8. The summed E-state index contributed by atoms with van der Waals surface area (Å²) in [4.78, 5) is 37.2. The lowest BCUT2D eigenvalue weighted by Crippen LogP contribution is -2.30. The zero-order valence-electron chi connectivity index (χ0n) is 17.8. The fraction of sp³-hybridized carbons (Fsp3) is 0.125. The number of benzene rings is 2. The summed E-state index contributed by atoms with van der Waals surface area (Å²) in [6.07, 6.45) is 2.85. The Bertz CT molecular complexity index is 1160. The van der Waals surface area contributed by atoms with Gasteiger partial charge in [0.05, 0.1) is 20.5 Å². The van der Waals surface area contributed by atoms with Crippen molar-refractivity contribution in [2.75, 3.05) is 19.5 Å². The summed E-state index contributed by atoms with van der Waals surface area (Å²) in [7, 11) is 3.02. The maximum Gasteiger partial charge on any atom is 0.291 e. The number of nitrogens with one attached hydrogen (secondary N) is 2. The molecule has 0 unspecified atom stereocenters. The molecule has 32 heavy (non-hydrogen) atoms. The number of carbonyl (C=O) groups is 3. The van der Waals surface area contributed by atoms with Crippen LogP contribution >= 0.6 is 0 Å². The van der Waals surface area contributed by atoms with E-state index in [9.17, 15) is 14.4 Å². The maximum atomic E-state index is 13.0. The van der Waals surface area contributed by atoms with Gasteiger partial charge in [-0.1, -0.05) is 18.2 Å². The standard InChI is InChI=1S/C24H22N2O6/c1-15(27)17-6-4-7-18(14-17)25-23(28)19(26-24(29)21-8-5-11-32-21)12-16-9-10-20(30-2)22(13-16)31-3/h4-14H,1-3H3,(H,25,28)(H,26,29). The molecule has 164 valence electrons. The summed E-state index contributed by atoms with van der Waals surface area (Å²) in [5.74, 6) is -0.262. The molecule has 0 atom stereocenters. The fourth-order valence-electron chi connectivity index (χ4n) is 2.87. The van der Waals surface area contributed by atoms with E-state index in [0.29, 0.717) is 28.3 Å². The van der Waals surface area contributed by atoms with Gasteiger partial charge in [0.1, 0.15) is 5.70 Å². The van der Waals surface area contributed by atoms with Gasteiger partial charge in [0.2, 0.25) is 0 Å². The highest BCUT2D eigenvalue weighted by Gasteiger charge is 2.17. The Morgan fingerprint density at radius 3 is 2.38 bits per heavy atom. The third kappa shape index (κ3) is 5.42. The molecule has 3 rings (SSSR count). The Labute approximate surface area is 184 Å². The minimum absolute atomic E-state index is 0.0353. The van der Waals surface area contributed by atoms with Gasteiger partial charge in [0, 0.05) is 11.3 Å². The molecule has 0 saturated heterocycles. The molecule has 0 aliphatic heterocycles. The molecule has 2 aromatic carbocycles. The van der Waals surface area contributed by atoms with Crippen LogP contribution in [-0.2, 0) is 4.79 Å². The lowest BCUT2D eigenvalue weighted by Gasteiger charge is -2.12. The first-order valence-corrected chi connectivity index (χ1v) is 9.62. The smallest absolute Gasteiger partial charge is 0.291 e. The number of methoxy groups -OCH3 is 2. The first kappa shape index (κ1) is 22.4. The Morgan fingerprint density at radius 2 is 1.72 bits per heavy atom. The van der Waals surface area contributed by atoms with Crippen LogP contribution in [0.5, 0.6) is 11.5 Å². The fourth-order valence-corrected chi connectivity index (χ4v) is 2.87. The average Bonchev–Trinajstić information content (AvgIpc) is 3.33. The summed E-state index contributed by atoms with van der Waals surface area (Å²) < 4.78 is 15.6. The number of anilines is 1. The van der Waals surface area contributed by atoms with Crippen molar-refractivity contribution in [2.45, 2.75) is 6.92 Å². The second-order valence-electron chi connectivity index (χ2n) is 6.69. The van der Waals surface area contributed by atoms with E-state index < -0.39 is 11.8 Å². The molecule has 1 aromatic heterocycles. The number of carbonyl (C=O) groups excluding carboxylic acids is 3. The van der Waals surface area contributed by atoms with Gasteiger partial charge in [-0.3, -0.25) is 14.4 Å². The molecular weight excluding hydrogens is 412 g/mol. The van der Waals surface area contributed by atoms with E-state index in [1.54, 1.807) is 48.5 Å². The van der Waals surface area contributed by atoms with E-state index in [1.807, 2.05) is 0 Å². The van der Waals surface area contributed by atoms with Crippen LogP contribution < -0.4 is 20.1 Å². The molecule has 3 aromatic rings. The molecule has 8 heteroatoms. The van der Waals surface area contributed by atoms with Crippen LogP contribution in [0.3, 0.4) is 0 Å². The molecule has 8 nitrogen and oxygen atoms in total. The van der Waals surface area contributed by atoms with Crippen LogP contribution in [0.4, 0.5) is 5.69 Å². The van der Waals surface area contributed by atoms with Gasteiger partial charge in [-0.25, -0.2) is 0 Å². The third-order valence-electron chi connectivity index (χ3n) is 4.48. The van der Waals surface area contributed by atoms with Crippen LogP contribution in [-0.4, -0.2) is 31.8 Å². The van der Waals surface area contributed by atoms with E-state index >= 15 is 0 Å². The quantitative estimate of drug-likeness (QED) is 0.411. The third-order valence-corrected chi connectivity index (χ3v) is 4.48. The molecule has 0 spiro atoms. The molecule has 0 saturated carbocycles. The summed E-state index contributed by atoms with van der Waals surface area (Å²) in [5.41, 5.74) is 1.41. The van der Waals surface area contributed by atoms with Gasteiger partial charge in [0.15, 0.2) is 23.0 Å². The number of hydrogen-bond donors (Lipinski definition) is 2. The highest BCUT2D eigenvalue weighted by atomic mass is 16.5. The lowest BCUT2D eigenvalue weighted by molar-refractivity contribution is -0.113. The molecule has 0 bridgehead atoms. The second kappa shape index (κ2) is 10.1. The number of Topliss-reactive ketones (excluding diaryl/α,β-unsaturated/α-hetero) is 1. The van der Waals surface area contributed by atoms with Crippen molar-refractivity contribution in [3.8, 4) is 11.5 Å². The van der Waals surface area contributed by atoms with Crippen molar-refractivity contribution >= 4 is 29.4 Å². The van der Waals surface area contributed by atoms with Crippen LogP contribution in [0.25, 0.3) is 6.08 Å². The number of ether oxygens (including phenoxy) is 2. The zero-order chi connectivity index (χ0) is 23.1. The maximum absolute atomic E-state index is 13.0. The van der Waals surface area contributed by atoms with Gasteiger partial charge >= 0.3 is 0 Å². The molecule has 0 aliphatic carbocycles. The van der Waals surface area contributed by atoms with Crippen LogP contribution in [0.2, 0.25) is 0 Å².